The molecule has 0 aliphatic carbocycles. The number of benzene rings is 4. The molecule has 31 heavy (non-hydrogen) atoms. The number of methoxy groups -OCH3 is 1. The predicted molar refractivity (Wildman–Crippen MR) is 126 cm³/mol. The van der Waals surface area contributed by atoms with Gasteiger partial charge in [0.2, 0.25) is 0 Å². The van der Waals surface area contributed by atoms with Crippen LogP contribution in [0.25, 0.3) is 0 Å². The number of hydrogen-bond donors (Lipinski definition) is 0. The van der Waals surface area contributed by atoms with E-state index in [4.69, 9.17) is 4.74 Å². The van der Waals surface area contributed by atoms with Gasteiger partial charge in [0.15, 0.2) is 0 Å². The highest BCUT2D eigenvalue weighted by molar-refractivity contribution is 8.02. The Morgan fingerprint density at radius 3 is 1.45 bits per heavy atom. The van der Waals surface area contributed by atoms with Crippen LogP contribution in [0.2, 0.25) is 0 Å². The first-order valence-electron chi connectivity index (χ1n) is 9.68. The van der Waals surface area contributed by atoms with E-state index < -0.39 is 17.4 Å². The third-order valence-corrected chi connectivity index (χ3v) is 10.6. The number of hydrogen-bond acceptors (Lipinski definition) is 4. The maximum atomic E-state index is 12.5. The summed E-state index contributed by atoms with van der Waals surface area (Å²) >= 11 is 0. The molecule has 0 amide bonds. The SMILES string of the molecule is COc1ccc([P+](c2ccccc2)(c2ccccc2)c2ccccc2)c(S(=O)(=O)[O-])c1. The molecule has 6 heteroatoms. The van der Waals surface area contributed by atoms with Crippen molar-refractivity contribution in [1.29, 1.82) is 0 Å². The third kappa shape index (κ3) is 3.88. The van der Waals surface area contributed by atoms with Crippen LogP contribution in [-0.4, -0.2) is 20.1 Å². The third-order valence-electron chi connectivity index (χ3n) is 5.23. The van der Waals surface area contributed by atoms with Crippen molar-refractivity contribution in [1.82, 2.24) is 0 Å². The molecule has 0 atom stereocenters. The van der Waals surface area contributed by atoms with E-state index in [1.165, 1.54) is 13.2 Å². The van der Waals surface area contributed by atoms with Gasteiger partial charge in [-0.1, -0.05) is 54.6 Å². The smallest absolute Gasteiger partial charge is 0.145 e. The van der Waals surface area contributed by atoms with Crippen LogP contribution in [0.3, 0.4) is 0 Å². The second-order valence-corrected chi connectivity index (χ2v) is 11.7. The van der Waals surface area contributed by atoms with E-state index in [0.29, 0.717) is 11.1 Å². The molecule has 0 aliphatic heterocycles. The van der Waals surface area contributed by atoms with Gasteiger partial charge >= 0.3 is 0 Å². The molecular formula is C25H21O4PS. The molecule has 0 spiro atoms. The largest absolute Gasteiger partial charge is 0.744 e. The topological polar surface area (TPSA) is 66.4 Å². The molecule has 4 aromatic carbocycles. The zero-order valence-electron chi connectivity index (χ0n) is 16.9. The zero-order chi connectivity index (χ0) is 21.9. The van der Waals surface area contributed by atoms with E-state index in [-0.39, 0.29) is 4.90 Å². The van der Waals surface area contributed by atoms with Gasteiger partial charge in [0.05, 0.1) is 7.11 Å². The summed E-state index contributed by atoms with van der Waals surface area (Å²) < 4.78 is 42.7. The lowest BCUT2D eigenvalue weighted by molar-refractivity contribution is 0.412. The highest BCUT2D eigenvalue weighted by atomic mass is 32.2. The van der Waals surface area contributed by atoms with Gasteiger partial charge in [-0.05, 0) is 48.5 Å². The quantitative estimate of drug-likeness (QED) is 0.336. The van der Waals surface area contributed by atoms with Crippen LogP contribution in [0.15, 0.2) is 114 Å². The van der Waals surface area contributed by atoms with Crippen molar-refractivity contribution in [3.63, 3.8) is 0 Å². The average Bonchev–Trinajstić information content (AvgIpc) is 2.81. The van der Waals surface area contributed by atoms with Gasteiger partial charge < -0.3 is 9.29 Å². The Morgan fingerprint density at radius 1 is 0.677 bits per heavy atom. The molecule has 0 aromatic heterocycles. The Kier molecular flexibility index (Phi) is 5.92. The minimum atomic E-state index is -4.78. The Labute approximate surface area is 183 Å². The molecule has 0 bridgehead atoms. The molecule has 4 nitrogen and oxygen atoms in total. The zero-order valence-corrected chi connectivity index (χ0v) is 18.6. The van der Waals surface area contributed by atoms with E-state index in [9.17, 15) is 13.0 Å². The molecule has 0 aliphatic rings. The molecule has 0 radical (unpaired) electrons. The first kappa shape index (κ1) is 21.3. The Balaban J connectivity index is 2.23. The molecule has 0 N–H and O–H groups in total. The Hall–Kier alpha value is -2.98. The number of ether oxygens (including phenoxy) is 1. The fourth-order valence-electron chi connectivity index (χ4n) is 3.92. The van der Waals surface area contributed by atoms with Crippen molar-refractivity contribution in [2.24, 2.45) is 0 Å². The minimum absolute atomic E-state index is 0.253. The second kappa shape index (κ2) is 8.64. The summed E-state index contributed by atoms with van der Waals surface area (Å²) in [7, 11) is -6.03. The van der Waals surface area contributed by atoms with Crippen LogP contribution in [0.5, 0.6) is 5.75 Å². The molecule has 0 fully saturated rings. The monoisotopic (exact) mass is 448 g/mol. The normalized spacial score (nSPS) is 11.8. The van der Waals surface area contributed by atoms with Gasteiger partial charge in [0.1, 0.15) is 49.2 Å². The van der Waals surface area contributed by atoms with E-state index >= 15 is 0 Å². The predicted octanol–water partition coefficient (Wildman–Crippen LogP) is 3.22. The van der Waals surface area contributed by atoms with Gasteiger partial charge in [-0.25, -0.2) is 8.42 Å². The lowest BCUT2D eigenvalue weighted by atomic mass is 10.3. The molecule has 0 saturated carbocycles. The molecule has 156 valence electrons. The van der Waals surface area contributed by atoms with Crippen LogP contribution in [0, 0.1) is 0 Å². The maximum absolute atomic E-state index is 12.5. The van der Waals surface area contributed by atoms with Crippen molar-refractivity contribution < 1.29 is 17.7 Å². The summed E-state index contributed by atoms with van der Waals surface area (Å²) in [5.41, 5.74) is 0. The molecule has 0 saturated heterocycles. The van der Waals surface area contributed by atoms with E-state index in [1.807, 2.05) is 91.0 Å². The van der Waals surface area contributed by atoms with Gasteiger partial charge in [0.25, 0.3) is 0 Å². The van der Waals surface area contributed by atoms with Crippen molar-refractivity contribution in [2.45, 2.75) is 4.90 Å². The van der Waals surface area contributed by atoms with Crippen LogP contribution < -0.4 is 26.0 Å². The highest BCUT2D eigenvalue weighted by Crippen LogP contribution is 2.55. The molecule has 4 aromatic rings. The molecule has 0 heterocycles. The first-order chi connectivity index (χ1) is 15.0. The molecular weight excluding hydrogens is 427 g/mol. The van der Waals surface area contributed by atoms with Crippen LogP contribution in [0.1, 0.15) is 0 Å². The van der Waals surface area contributed by atoms with Gasteiger partial charge in [-0.15, -0.1) is 0 Å². The van der Waals surface area contributed by atoms with Gasteiger partial charge in [0, 0.05) is 6.07 Å². The standard InChI is InChI=1S/C25H21O4PS/c1-29-20-17-18-24(25(19-20)31(26,27)28)30(21-11-5-2-6-12-21,22-13-7-3-8-14-22)23-15-9-4-10-16-23/h2-19H,1H3. The summed E-state index contributed by atoms with van der Waals surface area (Å²) in [6.45, 7) is 0. The molecule has 0 unspecified atom stereocenters. The minimum Gasteiger partial charge on any atom is -0.744 e. The average molecular weight is 448 g/mol. The fraction of sp³-hybridized carbons (Fsp3) is 0.0400. The summed E-state index contributed by atoms with van der Waals surface area (Å²) in [4.78, 5) is -0.253. The van der Waals surface area contributed by atoms with E-state index in [2.05, 4.69) is 0 Å². The van der Waals surface area contributed by atoms with Crippen molar-refractivity contribution in [3.05, 3.63) is 109 Å². The molecule has 4 rings (SSSR count). The van der Waals surface area contributed by atoms with Crippen LogP contribution >= 0.6 is 7.26 Å². The lowest BCUT2D eigenvalue weighted by Gasteiger charge is -2.29. The van der Waals surface area contributed by atoms with E-state index in [0.717, 1.165) is 15.9 Å². The Morgan fingerprint density at radius 2 is 1.10 bits per heavy atom. The second-order valence-electron chi connectivity index (χ2n) is 6.97. The first-order valence-corrected chi connectivity index (χ1v) is 12.9. The number of rotatable bonds is 6. The summed E-state index contributed by atoms with van der Waals surface area (Å²) in [6, 6.07) is 34.2. The van der Waals surface area contributed by atoms with Crippen molar-refractivity contribution in [3.8, 4) is 5.75 Å². The summed E-state index contributed by atoms with van der Waals surface area (Å²) in [6.07, 6.45) is 0. The van der Waals surface area contributed by atoms with E-state index in [1.54, 1.807) is 12.1 Å². The highest BCUT2D eigenvalue weighted by Gasteiger charge is 2.50. The maximum Gasteiger partial charge on any atom is 0.145 e. The van der Waals surface area contributed by atoms with Gasteiger partial charge in [-0.2, -0.15) is 0 Å². The fourth-order valence-corrected chi connectivity index (χ4v) is 9.53. The summed E-state index contributed by atoms with van der Waals surface area (Å²) in [5, 5.41) is 3.37. The van der Waals surface area contributed by atoms with Crippen LogP contribution in [0.4, 0.5) is 0 Å². The van der Waals surface area contributed by atoms with Gasteiger partial charge in [-0.3, -0.25) is 0 Å². The lowest BCUT2D eigenvalue weighted by Crippen LogP contribution is -2.40. The summed E-state index contributed by atoms with van der Waals surface area (Å²) in [5.74, 6) is 0.325. The van der Waals surface area contributed by atoms with Crippen molar-refractivity contribution >= 4 is 38.6 Å². The van der Waals surface area contributed by atoms with Crippen LogP contribution in [-0.2, 0) is 10.1 Å². The Bertz CT molecular complexity index is 1180. The van der Waals surface area contributed by atoms with Crippen molar-refractivity contribution in [2.75, 3.05) is 7.11 Å².